The molecule has 0 radical (unpaired) electrons. The Labute approximate surface area is 117 Å². The van der Waals surface area contributed by atoms with Gasteiger partial charge in [-0.3, -0.25) is 4.79 Å². The van der Waals surface area contributed by atoms with Crippen LogP contribution < -0.4 is 10.6 Å². The van der Waals surface area contributed by atoms with E-state index in [1.165, 1.54) is 18.2 Å². The van der Waals surface area contributed by atoms with Gasteiger partial charge in [-0.15, -0.1) is 0 Å². The zero-order valence-electron chi connectivity index (χ0n) is 11.8. The number of furan rings is 1. The first-order valence-electron chi connectivity index (χ1n) is 6.81. The second kappa shape index (κ2) is 6.52. The Hall–Kier alpha value is -1.88. The fourth-order valence-electron chi connectivity index (χ4n) is 2.06. The molecule has 0 spiro atoms. The van der Waals surface area contributed by atoms with Gasteiger partial charge in [-0.2, -0.15) is 0 Å². The highest BCUT2D eigenvalue weighted by Crippen LogP contribution is 2.25. The van der Waals surface area contributed by atoms with Gasteiger partial charge >= 0.3 is 0 Å². The van der Waals surface area contributed by atoms with Crippen LogP contribution in [0.2, 0.25) is 0 Å². The minimum absolute atomic E-state index is 0.251. The summed E-state index contributed by atoms with van der Waals surface area (Å²) in [4.78, 5) is 12.0. The number of hydrogen-bond donors (Lipinski definition) is 2. The standard InChI is InChI=1S/C15H19FN2O2/c1-3-6-17-7-8-18-15(19)14-10(2)12-9-11(16)4-5-13(12)20-14/h4-5,9,17H,3,6-8H2,1-2H3,(H,18,19). The van der Waals surface area contributed by atoms with Crippen LogP contribution in [-0.2, 0) is 0 Å². The number of amides is 1. The number of carbonyl (C=O) groups is 1. The van der Waals surface area contributed by atoms with Crippen molar-refractivity contribution >= 4 is 16.9 Å². The highest BCUT2D eigenvalue weighted by Gasteiger charge is 2.17. The molecule has 1 aromatic carbocycles. The topological polar surface area (TPSA) is 54.3 Å². The first-order chi connectivity index (χ1) is 9.63. The van der Waals surface area contributed by atoms with Crippen molar-refractivity contribution in [1.29, 1.82) is 0 Å². The number of carbonyl (C=O) groups excluding carboxylic acids is 1. The maximum atomic E-state index is 13.2. The lowest BCUT2D eigenvalue weighted by Crippen LogP contribution is -2.32. The van der Waals surface area contributed by atoms with Gasteiger partial charge in [0.25, 0.3) is 5.91 Å². The summed E-state index contributed by atoms with van der Waals surface area (Å²) in [5, 5.41) is 6.62. The summed E-state index contributed by atoms with van der Waals surface area (Å²) in [7, 11) is 0. The molecule has 0 unspecified atom stereocenters. The molecule has 108 valence electrons. The number of benzene rings is 1. The lowest BCUT2D eigenvalue weighted by atomic mass is 10.1. The molecule has 2 N–H and O–H groups in total. The first kappa shape index (κ1) is 14.5. The summed E-state index contributed by atoms with van der Waals surface area (Å²) in [6.45, 7) is 6.02. The zero-order chi connectivity index (χ0) is 14.5. The second-order valence-corrected chi connectivity index (χ2v) is 4.70. The molecule has 20 heavy (non-hydrogen) atoms. The molecule has 0 bridgehead atoms. The molecule has 1 heterocycles. The number of rotatable bonds is 6. The molecule has 0 saturated carbocycles. The molecular weight excluding hydrogens is 259 g/mol. The van der Waals surface area contributed by atoms with Crippen molar-refractivity contribution in [2.45, 2.75) is 20.3 Å². The predicted octanol–water partition coefficient (Wildman–Crippen LogP) is 2.61. The molecule has 2 rings (SSSR count). The van der Waals surface area contributed by atoms with Gasteiger partial charge in [-0.25, -0.2) is 4.39 Å². The van der Waals surface area contributed by atoms with Crippen molar-refractivity contribution in [1.82, 2.24) is 10.6 Å². The Bertz CT molecular complexity index is 607. The molecule has 1 aromatic heterocycles. The summed E-state index contributed by atoms with van der Waals surface area (Å²) in [6, 6.07) is 4.24. The van der Waals surface area contributed by atoms with Gasteiger partial charge in [0.1, 0.15) is 11.4 Å². The molecule has 0 atom stereocenters. The van der Waals surface area contributed by atoms with E-state index in [0.717, 1.165) is 13.0 Å². The van der Waals surface area contributed by atoms with Crippen molar-refractivity contribution in [3.63, 3.8) is 0 Å². The van der Waals surface area contributed by atoms with E-state index in [1.807, 2.05) is 0 Å². The lowest BCUT2D eigenvalue weighted by molar-refractivity contribution is 0.0927. The largest absolute Gasteiger partial charge is 0.451 e. The van der Waals surface area contributed by atoms with Crippen molar-refractivity contribution in [2.75, 3.05) is 19.6 Å². The third kappa shape index (κ3) is 3.17. The minimum Gasteiger partial charge on any atom is -0.451 e. The fourth-order valence-corrected chi connectivity index (χ4v) is 2.06. The van der Waals surface area contributed by atoms with Crippen LogP contribution in [-0.4, -0.2) is 25.5 Å². The maximum absolute atomic E-state index is 13.2. The molecule has 0 aliphatic carbocycles. The van der Waals surface area contributed by atoms with E-state index >= 15 is 0 Å². The van der Waals surface area contributed by atoms with Crippen molar-refractivity contribution in [3.05, 3.63) is 35.3 Å². The Morgan fingerprint density at radius 2 is 2.10 bits per heavy atom. The number of aryl methyl sites for hydroxylation is 1. The van der Waals surface area contributed by atoms with Crippen LogP contribution in [0.4, 0.5) is 4.39 Å². The molecule has 2 aromatic rings. The van der Waals surface area contributed by atoms with E-state index < -0.39 is 0 Å². The summed E-state index contributed by atoms with van der Waals surface area (Å²) in [5.74, 6) is -0.351. The average Bonchev–Trinajstić information content (AvgIpc) is 2.76. The van der Waals surface area contributed by atoms with Crippen LogP contribution >= 0.6 is 0 Å². The summed E-state index contributed by atoms with van der Waals surface area (Å²) in [5.41, 5.74) is 1.19. The number of fused-ring (bicyclic) bond motifs is 1. The molecule has 0 aliphatic heterocycles. The molecule has 0 fully saturated rings. The second-order valence-electron chi connectivity index (χ2n) is 4.70. The zero-order valence-corrected chi connectivity index (χ0v) is 11.8. The molecule has 0 aliphatic rings. The van der Waals surface area contributed by atoms with Gasteiger partial charge in [0.15, 0.2) is 5.76 Å². The molecule has 1 amide bonds. The Morgan fingerprint density at radius 3 is 2.85 bits per heavy atom. The van der Waals surface area contributed by atoms with Crippen LogP contribution in [0.1, 0.15) is 29.5 Å². The predicted molar refractivity (Wildman–Crippen MR) is 76.4 cm³/mol. The van der Waals surface area contributed by atoms with Gasteiger partial charge < -0.3 is 15.1 Å². The Balaban J connectivity index is 2.05. The summed E-state index contributed by atoms with van der Waals surface area (Å²) in [6.07, 6.45) is 1.06. The van der Waals surface area contributed by atoms with Crippen molar-refractivity contribution < 1.29 is 13.6 Å². The quantitative estimate of drug-likeness (QED) is 0.799. The van der Waals surface area contributed by atoms with E-state index in [9.17, 15) is 9.18 Å². The van der Waals surface area contributed by atoms with Gasteiger partial charge in [-0.05, 0) is 38.1 Å². The van der Waals surface area contributed by atoms with E-state index in [4.69, 9.17) is 4.42 Å². The first-order valence-corrected chi connectivity index (χ1v) is 6.81. The average molecular weight is 278 g/mol. The highest BCUT2D eigenvalue weighted by atomic mass is 19.1. The number of halogens is 1. The van der Waals surface area contributed by atoms with E-state index in [1.54, 1.807) is 6.92 Å². The third-order valence-electron chi connectivity index (χ3n) is 3.12. The Kier molecular flexibility index (Phi) is 4.74. The van der Waals surface area contributed by atoms with Crippen LogP contribution in [0.15, 0.2) is 22.6 Å². The van der Waals surface area contributed by atoms with Crippen molar-refractivity contribution in [2.24, 2.45) is 0 Å². The van der Waals surface area contributed by atoms with Crippen LogP contribution in [0.25, 0.3) is 11.0 Å². The number of hydrogen-bond acceptors (Lipinski definition) is 3. The molecule has 4 nitrogen and oxygen atoms in total. The maximum Gasteiger partial charge on any atom is 0.287 e. The normalized spacial score (nSPS) is 10.9. The SMILES string of the molecule is CCCNCCNC(=O)c1oc2ccc(F)cc2c1C. The molecule has 0 saturated heterocycles. The monoisotopic (exact) mass is 278 g/mol. The van der Waals surface area contributed by atoms with E-state index in [-0.39, 0.29) is 17.5 Å². The van der Waals surface area contributed by atoms with E-state index in [0.29, 0.717) is 29.6 Å². The van der Waals surface area contributed by atoms with E-state index in [2.05, 4.69) is 17.6 Å². The minimum atomic E-state index is -0.336. The summed E-state index contributed by atoms with van der Waals surface area (Å²) < 4.78 is 18.7. The third-order valence-corrected chi connectivity index (χ3v) is 3.12. The van der Waals surface area contributed by atoms with Gasteiger partial charge in [-0.1, -0.05) is 6.92 Å². The molecule has 5 heteroatoms. The van der Waals surface area contributed by atoms with Crippen LogP contribution in [0.5, 0.6) is 0 Å². The Morgan fingerprint density at radius 1 is 1.30 bits per heavy atom. The smallest absolute Gasteiger partial charge is 0.287 e. The van der Waals surface area contributed by atoms with Gasteiger partial charge in [0, 0.05) is 24.0 Å². The van der Waals surface area contributed by atoms with Crippen molar-refractivity contribution in [3.8, 4) is 0 Å². The summed E-state index contributed by atoms with van der Waals surface area (Å²) >= 11 is 0. The highest BCUT2D eigenvalue weighted by molar-refractivity contribution is 5.98. The number of nitrogens with one attached hydrogen (secondary N) is 2. The fraction of sp³-hybridized carbons (Fsp3) is 0.400. The lowest BCUT2D eigenvalue weighted by Gasteiger charge is -2.04. The van der Waals surface area contributed by atoms with Crippen LogP contribution in [0.3, 0.4) is 0 Å². The van der Waals surface area contributed by atoms with Gasteiger partial charge in [0.2, 0.25) is 0 Å². The van der Waals surface area contributed by atoms with Gasteiger partial charge in [0.05, 0.1) is 0 Å². The molecular formula is C15H19FN2O2. The van der Waals surface area contributed by atoms with Crippen LogP contribution in [0, 0.1) is 12.7 Å².